The van der Waals surface area contributed by atoms with Gasteiger partial charge in [0.05, 0.1) is 5.92 Å². The molecule has 3 rings (SSSR count). The summed E-state index contributed by atoms with van der Waals surface area (Å²) in [5, 5.41) is 7.48. The number of benzene rings is 1. The van der Waals surface area contributed by atoms with Crippen molar-refractivity contribution < 1.29 is 14.1 Å². The van der Waals surface area contributed by atoms with E-state index in [2.05, 4.69) is 22.0 Å². The molecule has 0 saturated carbocycles. The zero-order valence-electron chi connectivity index (χ0n) is 15.0. The maximum Gasteiger partial charge on any atom is 0.249 e. The van der Waals surface area contributed by atoms with Gasteiger partial charge in [-0.2, -0.15) is 4.98 Å². The summed E-state index contributed by atoms with van der Waals surface area (Å²) in [5.41, 5.74) is 0.777. The lowest BCUT2D eigenvalue weighted by molar-refractivity contribution is -0.132. The minimum absolute atomic E-state index is 0.129. The Morgan fingerprint density at radius 1 is 1.41 bits per heavy atom. The van der Waals surface area contributed by atoms with Gasteiger partial charge in [-0.25, -0.2) is 0 Å². The number of carbonyl (C=O) groups excluding carboxylic acids is 2. The van der Waals surface area contributed by atoms with E-state index in [1.165, 1.54) is 6.08 Å². The summed E-state index contributed by atoms with van der Waals surface area (Å²) in [6, 6.07) is 6.66. The lowest BCUT2D eigenvalue weighted by atomic mass is 9.96. The number of nitrogens with one attached hydrogen (secondary N) is 1. The van der Waals surface area contributed by atoms with Gasteiger partial charge in [-0.3, -0.25) is 9.59 Å². The molecule has 2 atom stereocenters. The molecule has 2 aromatic rings. The first-order chi connectivity index (χ1) is 13.0. The van der Waals surface area contributed by atoms with Crippen LogP contribution in [-0.4, -0.2) is 39.9 Å². The van der Waals surface area contributed by atoms with Crippen LogP contribution in [0, 0.1) is 5.92 Å². The van der Waals surface area contributed by atoms with Gasteiger partial charge in [0.2, 0.25) is 23.5 Å². The van der Waals surface area contributed by atoms with Gasteiger partial charge in [-0.1, -0.05) is 23.3 Å². The molecule has 8 heteroatoms. The van der Waals surface area contributed by atoms with Crippen molar-refractivity contribution in [3.63, 3.8) is 0 Å². The minimum atomic E-state index is -0.434. The van der Waals surface area contributed by atoms with Crippen LogP contribution in [-0.2, 0) is 9.59 Å². The second-order valence-corrected chi connectivity index (χ2v) is 6.96. The summed E-state index contributed by atoms with van der Waals surface area (Å²) in [6.45, 7) is 6.33. The van der Waals surface area contributed by atoms with Crippen molar-refractivity contribution in [2.75, 3.05) is 13.1 Å². The third kappa shape index (κ3) is 4.54. The highest BCUT2D eigenvalue weighted by atomic mass is 35.5. The Balaban J connectivity index is 1.62. The Morgan fingerprint density at radius 2 is 2.15 bits per heavy atom. The van der Waals surface area contributed by atoms with Crippen LogP contribution in [0.4, 0.5) is 0 Å². The smallest absolute Gasteiger partial charge is 0.249 e. The van der Waals surface area contributed by atoms with Crippen LogP contribution in [0.3, 0.4) is 0 Å². The molecule has 142 valence electrons. The fourth-order valence-corrected chi connectivity index (χ4v) is 3.17. The molecular weight excluding hydrogens is 368 g/mol. The van der Waals surface area contributed by atoms with Gasteiger partial charge >= 0.3 is 0 Å². The van der Waals surface area contributed by atoms with E-state index in [0.717, 1.165) is 18.4 Å². The summed E-state index contributed by atoms with van der Waals surface area (Å²) in [5.74, 6) is 0.218. The van der Waals surface area contributed by atoms with E-state index < -0.39 is 6.04 Å². The third-order valence-corrected chi connectivity index (χ3v) is 4.80. The van der Waals surface area contributed by atoms with Crippen LogP contribution in [0.2, 0.25) is 5.02 Å². The van der Waals surface area contributed by atoms with Crippen LogP contribution >= 0.6 is 11.6 Å². The first kappa shape index (κ1) is 19.1. The number of aromatic nitrogens is 2. The number of hydrogen-bond acceptors (Lipinski definition) is 5. The fourth-order valence-electron chi connectivity index (χ4n) is 3.04. The Labute approximate surface area is 162 Å². The van der Waals surface area contributed by atoms with Gasteiger partial charge < -0.3 is 14.7 Å². The van der Waals surface area contributed by atoms with Crippen molar-refractivity contribution in [2.24, 2.45) is 5.92 Å². The number of amides is 2. The highest BCUT2D eigenvalue weighted by Crippen LogP contribution is 2.22. The van der Waals surface area contributed by atoms with Crippen LogP contribution in [0.1, 0.15) is 31.7 Å². The Morgan fingerprint density at radius 3 is 2.85 bits per heavy atom. The normalized spacial score (nSPS) is 18.0. The van der Waals surface area contributed by atoms with Crippen LogP contribution in [0.5, 0.6) is 0 Å². The van der Waals surface area contributed by atoms with E-state index in [0.29, 0.717) is 29.8 Å². The molecule has 2 heterocycles. The van der Waals surface area contributed by atoms with Crippen molar-refractivity contribution >= 4 is 23.4 Å². The van der Waals surface area contributed by atoms with Crippen LogP contribution < -0.4 is 5.32 Å². The molecule has 1 N–H and O–H groups in total. The maximum absolute atomic E-state index is 12.6. The summed E-state index contributed by atoms with van der Waals surface area (Å²) in [6.07, 6.45) is 2.80. The van der Waals surface area contributed by atoms with Crippen molar-refractivity contribution in [1.82, 2.24) is 20.4 Å². The molecule has 7 nitrogen and oxygen atoms in total. The minimum Gasteiger partial charge on any atom is -0.344 e. The lowest BCUT2D eigenvalue weighted by Crippen LogP contribution is -2.45. The predicted octanol–water partition coefficient (Wildman–Crippen LogP) is 2.99. The van der Waals surface area contributed by atoms with Crippen molar-refractivity contribution in [1.29, 1.82) is 0 Å². The molecule has 0 bridgehead atoms. The van der Waals surface area contributed by atoms with E-state index in [-0.39, 0.29) is 17.7 Å². The molecule has 0 spiro atoms. The zero-order chi connectivity index (χ0) is 19.4. The molecule has 2 amide bonds. The molecule has 0 aliphatic carbocycles. The summed E-state index contributed by atoms with van der Waals surface area (Å²) in [7, 11) is 0. The number of rotatable bonds is 5. The quantitative estimate of drug-likeness (QED) is 0.795. The molecule has 1 aromatic carbocycles. The average molecular weight is 389 g/mol. The van der Waals surface area contributed by atoms with Crippen molar-refractivity contribution in [3.05, 3.63) is 47.8 Å². The molecule has 1 saturated heterocycles. The topological polar surface area (TPSA) is 88.3 Å². The molecular formula is C19H21ClN4O3. The van der Waals surface area contributed by atoms with Gasteiger partial charge in [0.15, 0.2) is 0 Å². The Kier molecular flexibility index (Phi) is 5.91. The number of likely N-dealkylation sites (tertiary alicyclic amines) is 1. The van der Waals surface area contributed by atoms with Gasteiger partial charge in [0.25, 0.3) is 0 Å². The van der Waals surface area contributed by atoms with Gasteiger partial charge in [-0.15, -0.1) is 0 Å². The van der Waals surface area contributed by atoms with Crippen LogP contribution in [0.15, 0.2) is 41.4 Å². The van der Waals surface area contributed by atoms with Crippen molar-refractivity contribution in [3.8, 4) is 11.4 Å². The first-order valence-electron chi connectivity index (χ1n) is 8.79. The third-order valence-electron chi connectivity index (χ3n) is 4.55. The van der Waals surface area contributed by atoms with E-state index in [1.54, 1.807) is 36.1 Å². The lowest BCUT2D eigenvalue weighted by Gasteiger charge is -2.31. The maximum atomic E-state index is 12.6. The monoisotopic (exact) mass is 388 g/mol. The number of piperidine rings is 1. The highest BCUT2D eigenvalue weighted by Gasteiger charge is 2.29. The van der Waals surface area contributed by atoms with Crippen molar-refractivity contribution in [2.45, 2.75) is 25.8 Å². The standard InChI is InChI=1S/C19H21ClN4O3/c1-3-16(25)24-10-4-5-14(11-24)18(26)21-12(2)19-22-17(23-27-19)13-6-8-15(20)9-7-13/h3,6-9,12,14H,1,4-5,10-11H2,2H3,(H,21,26). The molecule has 0 radical (unpaired) electrons. The van der Waals surface area contributed by atoms with Gasteiger partial charge in [0, 0.05) is 23.7 Å². The van der Waals surface area contributed by atoms with Gasteiger partial charge in [-0.05, 0) is 50.1 Å². The van der Waals surface area contributed by atoms with E-state index >= 15 is 0 Å². The van der Waals surface area contributed by atoms with E-state index in [9.17, 15) is 9.59 Å². The van der Waals surface area contributed by atoms with Crippen LogP contribution in [0.25, 0.3) is 11.4 Å². The number of carbonyl (C=O) groups is 2. The summed E-state index contributed by atoms with van der Waals surface area (Å²) in [4.78, 5) is 30.3. The highest BCUT2D eigenvalue weighted by molar-refractivity contribution is 6.30. The molecule has 1 aromatic heterocycles. The summed E-state index contributed by atoms with van der Waals surface area (Å²) >= 11 is 5.88. The Hall–Kier alpha value is -2.67. The SMILES string of the molecule is C=CC(=O)N1CCCC(C(=O)NC(C)c2nc(-c3ccc(Cl)cc3)no2)C1. The second-order valence-electron chi connectivity index (χ2n) is 6.52. The Bertz CT molecular complexity index is 834. The zero-order valence-corrected chi connectivity index (χ0v) is 15.8. The molecule has 1 fully saturated rings. The fraction of sp³-hybridized carbons (Fsp3) is 0.368. The number of halogens is 1. The summed E-state index contributed by atoms with van der Waals surface area (Å²) < 4.78 is 5.29. The molecule has 27 heavy (non-hydrogen) atoms. The number of nitrogens with zero attached hydrogens (tertiary/aromatic N) is 3. The number of hydrogen-bond donors (Lipinski definition) is 1. The molecule has 1 aliphatic rings. The molecule has 1 aliphatic heterocycles. The average Bonchev–Trinajstić information content (AvgIpc) is 3.18. The molecule has 2 unspecified atom stereocenters. The van der Waals surface area contributed by atoms with E-state index in [4.69, 9.17) is 16.1 Å². The first-order valence-corrected chi connectivity index (χ1v) is 9.17. The largest absolute Gasteiger partial charge is 0.344 e. The predicted molar refractivity (Wildman–Crippen MR) is 101 cm³/mol. The van der Waals surface area contributed by atoms with E-state index in [1.807, 2.05) is 0 Å². The van der Waals surface area contributed by atoms with Gasteiger partial charge in [0.1, 0.15) is 6.04 Å². The second kappa shape index (κ2) is 8.35.